The summed E-state index contributed by atoms with van der Waals surface area (Å²) in [7, 11) is 3.53. The van der Waals surface area contributed by atoms with Crippen LogP contribution in [-0.4, -0.2) is 68.5 Å². The van der Waals surface area contributed by atoms with Gasteiger partial charge in [-0.1, -0.05) is 6.42 Å². The van der Waals surface area contributed by atoms with Crippen LogP contribution in [-0.2, 0) is 14.3 Å². The van der Waals surface area contributed by atoms with Gasteiger partial charge in [0.05, 0.1) is 6.61 Å². The van der Waals surface area contributed by atoms with Crippen molar-refractivity contribution in [1.82, 2.24) is 10.2 Å². The number of alkyl halides is 3. The van der Waals surface area contributed by atoms with E-state index >= 15 is 0 Å². The number of rotatable bonds is 4. The summed E-state index contributed by atoms with van der Waals surface area (Å²) >= 11 is 0. The van der Waals surface area contributed by atoms with Gasteiger partial charge in [0.2, 0.25) is 5.91 Å². The third-order valence-electron chi connectivity index (χ3n) is 4.32. The summed E-state index contributed by atoms with van der Waals surface area (Å²) in [5.74, 6) is -1.94. The Balaban J connectivity index is 0.000000322. The maximum atomic E-state index is 11.4. The van der Waals surface area contributed by atoms with Gasteiger partial charge < -0.3 is 20.1 Å². The first-order valence-electron chi connectivity index (χ1n) is 7.37. The molecule has 2 N–H and O–H groups in total. The third kappa shape index (κ3) is 5.65. The number of hydrogen-bond acceptors (Lipinski definition) is 4. The van der Waals surface area contributed by atoms with Gasteiger partial charge in [0.15, 0.2) is 0 Å². The van der Waals surface area contributed by atoms with E-state index in [1.54, 1.807) is 19.0 Å². The van der Waals surface area contributed by atoms with E-state index < -0.39 is 12.1 Å². The summed E-state index contributed by atoms with van der Waals surface area (Å²) in [6.07, 6.45) is -1.20. The van der Waals surface area contributed by atoms with Crippen molar-refractivity contribution in [3.63, 3.8) is 0 Å². The SMILES string of the molecule is CN(C)C(=O)COC[C@@]12CCC[C@@H]1CNC2.O=C(O)C(F)(F)F. The number of carboxylic acid groups (broad SMARTS) is 1. The summed E-state index contributed by atoms with van der Waals surface area (Å²) in [5.41, 5.74) is 0.326. The lowest BCUT2D eigenvalue weighted by Gasteiger charge is -2.28. The molecule has 0 aromatic rings. The second kappa shape index (κ2) is 7.96. The molecule has 1 saturated carbocycles. The molecular weight excluding hydrogens is 317 g/mol. The number of nitrogens with zero attached hydrogens (tertiary/aromatic N) is 1. The van der Waals surface area contributed by atoms with E-state index in [0.717, 1.165) is 25.6 Å². The number of fused-ring (bicyclic) bond motifs is 1. The second-order valence-corrected chi connectivity index (χ2v) is 6.17. The molecule has 1 aliphatic carbocycles. The van der Waals surface area contributed by atoms with E-state index in [0.29, 0.717) is 5.41 Å². The first kappa shape index (κ1) is 19.7. The average molecular weight is 340 g/mol. The number of ether oxygens (including phenoxy) is 1. The van der Waals surface area contributed by atoms with Gasteiger partial charge in [-0.2, -0.15) is 13.2 Å². The molecule has 0 unspecified atom stereocenters. The highest BCUT2D eigenvalue weighted by Gasteiger charge is 2.46. The van der Waals surface area contributed by atoms with Crippen LogP contribution in [0.3, 0.4) is 0 Å². The second-order valence-electron chi connectivity index (χ2n) is 6.17. The summed E-state index contributed by atoms with van der Waals surface area (Å²) in [6.45, 7) is 3.16. The lowest BCUT2D eigenvalue weighted by molar-refractivity contribution is -0.192. The molecule has 1 aliphatic heterocycles. The minimum atomic E-state index is -5.08. The van der Waals surface area contributed by atoms with Crippen LogP contribution in [0, 0.1) is 11.3 Å². The monoisotopic (exact) mass is 340 g/mol. The van der Waals surface area contributed by atoms with Crippen LogP contribution < -0.4 is 5.32 Å². The molecule has 134 valence electrons. The van der Waals surface area contributed by atoms with Crippen LogP contribution >= 0.6 is 0 Å². The van der Waals surface area contributed by atoms with Gasteiger partial charge in [-0.15, -0.1) is 0 Å². The van der Waals surface area contributed by atoms with Gasteiger partial charge >= 0.3 is 12.1 Å². The molecule has 0 spiro atoms. The number of likely N-dealkylation sites (N-methyl/N-ethyl adjacent to an activating group) is 1. The Labute approximate surface area is 133 Å². The van der Waals surface area contributed by atoms with Crippen LogP contribution in [0.25, 0.3) is 0 Å². The zero-order chi connectivity index (χ0) is 17.7. The van der Waals surface area contributed by atoms with Crippen molar-refractivity contribution < 1.29 is 32.6 Å². The van der Waals surface area contributed by atoms with E-state index in [-0.39, 0.29) is 12.5 Å². The van der Waals surface area contributed by atoms with Gasteiger partial charge in [0, 0.05) is 26.1 Å². The van der Waals surface area contributed by atoms with Gasteiger partial charge in [0.1, 0.15) is 6.61 Å². The van der Waals surface area contributed by atoms with E-state index in [4.69, 9.17) is 14.6 Å². The standard InChI is InChI=1S/C12H22N2O2.C2HF3O2/c1-14(2)11(15)7-16-9-12-5-3-4-10(12)6-13-8-12;3-2(4,5)1(6)7/h10,13H,3-9H2,1-2H3;(H,6,7)/t10-,12+;/m1./s1. The Kier molecular flexibility index (Phi) is 6.82. The average Bonchev–Trinajstić information content (AvgIpc) is 2.97. The van der Waals surface area contributed by atoms with Gasteiger partial charge in [-0.25, -0.2) is 4.79 Å². The van der Waals surface area contributed by atoms with E-state index in [2.05, 4.69) is 5.32 Å². The topological polar surface area (TPSA) is 78.9 Å². The number of hydrogen-bond donors (Lipinski definition) is 2. The van der Waals surface area contributed by atoms with Crippen LogP contribution in [0.1, 0.15) is 19.3 Å². The fourth-order valence-corrected chi connectivity index (χ4v) is 2.97. The molecule has 0 radical (unpaired) electrons. The van der Waals surface area contributed by atoms with Crippen molar-refractivity contribution in [3.05, 3.63) is 0 Å². The third-order valence-corrected chi connectivity index (χ3v) is 4.32. The van der Waals surface area contributed by atoms with Crippen LogP contribution in [0.4, 0.5) is 13.2 Å². The highest BCUT2D eigenvalue weighted by molar-refractivity contribution is 5.76. The molecule has 2 rings (SSSR count). The first-order chi connectivity index (χ1) is 10.6. The van der Waals surface area contributed by atoms with Crippen molar-refractivity contribution in [2.75, 3.05) is 40.4 Å². The molecule has 2 atom stereocenters. The van der Waals surface area contributed by atoms with E-state index in [1.807, 2.05) is 0 Å². The van der Waals surface area contributed by atoms with Crippen molar-refractivity contribution in [3.8, 4) is 0 Å². The number of carbonyl (C=O) groups is 2. The van der Waals surface area contributed by atoms with Crippen molar-refractivity contribution in [2.45, 2.75) is 25.4 Å². The Bertz CT molecular complexity index is 417. The first-order valence-corrected chi connectivity index (χ1v) is 7.37. The lowest BCUT2D eigenvalue weighted by atomic mass is 9.82. The molecule has 0 bridgehead atoms. The Morgan fingerprint density at radius 2 is 2.00 bits per heavy atom. The Hall–Kier alpha value is -1.35. The number of amides is 1. The van der Waals surface area contributed by atoms with Crippen LogP contribution in [0.15, 0.2) is 0 Å². The molecule has 6 nitrogen and oxygen atoms in total. The highest BCUT2D eigenvalue weighted by atomic mass is 19.4. The molecule has 2 fully saturated rings. The highest BCUT2D eigenvalue weighted by Crippen LogP contribution is 2.45. The van der Waals surface area contributed by atoms with Gasteiger partial charge in [-0.3, -0.25) is 4.79 Å². The summed E-state index contributed by atoms with van der Waals surface area (Å²) in [5, 5.41) is 10.6. The zero-order valence-electron chi connectivity index (χ0n) is 13.3. The van der Waals surface area contributed by atoms with Crippen LogP contribution in [0.5, 0.6) is 0 Å². The van der Waals surface area contributed by atoms with Gasteiger partial charge in [0.25, 0.3) is 0 Å². The number of halogens is 3. The van der Waals surface area contributed by atoms with Gasteiger partial charge in [-0.05, 0) is 25.3 Å². The Morgan fingerprint density at radius 3 is 2.52 bits per heavy atom. The minimum Gasteiger partial charge on any atom is -0.475 e. The van der Waals surface area contributed by atoms with Crippen molar-refractivity contribution in [1.29, 1.82) is 0 Å². The quantitative estimate of drug-likeness (QED) is 0.802. The summed E-state index contributed by atoms with van der Waals surface area (Å²) < 4.78 is 37.4. The van der Waals surface area contributed by atoms with Crippen molar-refractivity contribution in [2.24, 2.45) is 11.3 Å². The summed E-state index contributed by atoms with van der Waals surface area (Å²) in [4.78, 5) is 21.9. The molecule has 1 heterocycles. The predicted octanol–water partition coefficient (Wildman–Crippen LogP) is 1.11. The molecule has 1 amide bonds. The maximum absolute atomic E-state index is 11.4. The number of aliphatic carboxylic acids is 1. The number of nitrogens with one attached hydrogen (secondary N) is 1. The smallest absolute Gasteiger partial charge is 0.475 e. The molecule has 0 aromatic carbocycles. The predicted molar refractivity (Wildman–Crippen MR) is 75.8 cm³/mol. The molecule has 2 aliphatic rings. The fourth-order valence-electron chi connectivity index (χ4n) is 2.97. The normalized spacial score (nSPS) is 26.2. The van der Waals surface area contributed by atoms with Crippen LogP contribution in [0.2, 0.25) is 0 Å². The molecule has 1 saturated heterocycles. The minimum absolute atomic E-state index is 0.0527. The fraction of sp³-hybridized carbons (Fsp3) is 0.857. The molecular formula is C14H23F3N2O4. The van der Waals surface area contributed by atoms with Crippen molar-refractivity contribution >= 4 is 11.9 Å². The molecule has 9 heteroatoms. The number of carbonyl (C=O) groups excluding carboxylic acids is 1. The number of carboxylic acids is 1. The largest absolute Gasteiger partial charge is 0.490 e. The molecule has 23 heavy (non-hydrogen) atoms. The maximum Gasteiger partial charge on any atom is 0.490 e. The van der Waals surface area contributed by atoms with E-state index in [1.165, 1.54) is 19.3 Å². The Morgan fingerprint density at radius 1 is 1.39 bits per heavy atom. The lowest BCUT2D eigenvalue weighted by Crippen LogP contribution is -2.34. The van der Waals surface area contributed by atoms with E-state index in [9.17, 15) is 18.0 Å². The summed E-state index contributed by atoms with van der Waals surface area (Å²) in [6, 6.07) is 0. The molecule has 0 aromatic heterocycles. The zero-order valence-corrected chi connectivity index (χ0v) is 13.3.